The average molecular weight is 411 g/mol. The summed E-state index contributed by atoms with van der Waals surface area (Å²) in [6.45, 7) is 0.443. The molecule has 1 amide bonds. The van der Waals surface area contributed by atoms with E-state index in [1.807, 2.05) is 12.1 Å². The van der Waals surface area contributed by atoms with Gasteiger partial charge in [-0.2, -0.15) is 9.97 Å². The number of benzene rings is 1. The van der Waals surface area contributed by atoms with E-state index in [0.717, 1.165) is 0 Å². The standard InChI is InChI=1S/C20H21N5O5/c1-25-8-7-20(27,19(25)26)14-10-13(24-30-14)11-5-4-6-12(9-11)16-22-17(28-2)15(21)18(23-16)29-3/h4-6,9-10,27H,7-8,21H2,1-3H3/t20-/m1/s1. The van der Waals surface area contributed by atoms with Crippen molar-refractivity contribution in [2.75, 3.05) is 33.5 Å². The molecule has 156 valence electrons. The molecule has 4 rings (SSSR count). The second-order valence-electron chi connectivity index (χ2n) is 6.97. The summed E-state index contributed by atoms with van der Waals surface area (Å²) in [5, 5.41) is 14.8. The maximum absolute atomic E-state index is 12.3. The molecule has 0 aliphatic carbocycles. The van der Waals surface area contributed by atoms with E-state index in [9.17, 15) is 9.90 Å². The van der Waals surface area contributed by atoms with Gasteiger partial charge in [-0.3, -0.25) is 4.79 Å². The summed E-state index contributed by atoms with van der Waals surface area (Å²) in [6.07, 6.45) is 0.246. The third kappa shape index (κ3) is 3.11. The van der Waals surface area contributed by atoms with Crippen LogP contribution in [0.2, 0.25) is 0 Å². The number of hydrogen-bond donors (Lipinski definition) is 2. The topological polar surface area (TPSA) is 137 Å². The minimum atomic E-state index is -1.70. The van der Waals surface area contributed by atoms with Crippen molar-refractivity contribution in [3.05, 3.63) is 36.1 Å². The summed E-state index contributed by atoms with van der Waals surface area (Å²) < 4.78 is 15.7. The number of ether oxygens (including phenoxy) is 2. The molecular weight excluding hydrogens is 390 g/mol. The fourth-order valence-corrected chi connectivity index (χ4v) is 3.38. The Hall–Kier alpha value is -3.66. The van der Waals surface area contributed by atoms with Crippen molar-refractivity contribution in [2.24, 2.45) is 0 Å². The molecule has 0 unspecified atom stereocenters. The van der Waals surface area contributed by atoms with E-state index in [1.165, 1.54) is 19.1 Å². The van der Waals surface area contributed by atoms with Gasteiger partial charge in [0.15, 0.2) is 17.3 Å². The van der Waals surface area contributed by atoms with Gasteiger partial charge >= 0.3 is 0 Å². The lowest BCUT2D eigenvalue weighted by Crippen LogP contribution is -2.35. The number of nitrogens with two attached hydrogens (primary N) is 1. The van der Waals surface area contributed by atoms with Crippen molar-refractivity contribution < 1.29 is 23.9 Å². The second kappa shape index (κ2) is 7.30. The molecule has 0 radical (unpaired) electrons. The number of likely N-dealkylation sites (tertiary alicyclic amines) is 1. The first kappa shape index (κ1) is 19.6. The van der Waals surface area contributed by atoms with Crippen LogP contribution in [0.4, 0.5) is 5.69 Å². The van der Waals surface area contributed by atoms with E-state index in [1.54, 1.807) is 25.2 Å². The lowest BCUT2D eigenvalue weighted by atomic mass is 9.98. The molecule has 10 nitrogen and oxygen atoms in total. The lowest BCUT2D eigenvalue weighted by Gasteiger charge is -2.16. The largest absolute Gasteiger partial charge is 0.479 e. The molecule has 10 heteroatoms. The van der Waals surface area contributed by atoms with Crippen molar-refractivity contribution in [2.45, 2.75) is 12.0 Å². The Morgan fingerprint density at radius 1 is 1.17 bits per heavy atom. The van der Waals surface area contributed by atoms with Crippen LogP contribution in [0.25, 0.3) is 22.6 Å². The molecule has 1 atom stereocenters. The Morgan fingerprint density at radius 3 is 2.43 bits per heavy atom. The lowest BCUT2D eigenvalue weighted by molar-refractivity contribution is -0.144. The van der Waals surface area contributed by atoms with Crippen molar-refractivity contribution in [3.63, 3.8) is 0 Å². The maximum atomic E-state index is 12.3. The first-order chi connectivity index (χ1) is 14.4. The molecule has 1 saturated heterocycles. The first-order valence-electron chi connectivity index (χ1n) is 9.19. The molecule has 2 aromatic heterocycles. The van der Waals surface area contributed by atoms with E-state index >= 15 is 0 Å². The molecular formula is C20H21N5O5. The summed E-state index contributed by atoms with van der Waals surface area (Å²) in [6, 6.07) is 8.82. The molecule has 1 aromatic carbocycles. The number of amides is 1. The number of nitrogen functional groups attached to an aromatic ring is 1. The Labute approximate surface area is 172 Å². The molecule has 1 aliphatic rings. The maximum Gasteiger partial charge on any atom is 0.262 e. The molecule has 1 fully saturated rings. The fraction of sp³-hybridized carbons (Fsp3) is 0.300. The highest BCUT2D eigenvalue weighted by atomic mass is 16.5. The first-order valence-corrected chi connectivity index (χ1v) is 9.19. The molecule has 0 bridgehead atoms. The van der Waals surface area contributed by atoms with Crippen LogP contribution in [0.1, 0.15) is 12.2 Å². The van der Waals surface area contributed by atoms with Gasteiger partial charge in [0.05, 0.1) is 14.2 Å². The van der Waals surface area contributed by atoms with Gasteiger partial charge in [0.25, 0.3) is 5.91 Å². The van der Waals surface area contributed by atoms with Crippen LogP contribution in [-0.2, 0) is 10.4 Å². The highest BCUT2D eigenvalue weighted by molar-refractivity contribution is 5.87. The summed E-state index contributed by atoms with van der Waals surface area (Å²) in [7, 11) is 4.56. The number of methoxy groups -OCH3 is 2. The number of aliphatic hydroxyl groups is 1. The van der Waals surface area contributed by atoms with E-state index in [0.29, 0.717) is 29.2 Å². The summed E-state index contributed by atoms with van der Waals surface area (Å²) in [5.41, 5.74) is 6.27. The van der Waals surface area contributed by atoms with Crippen LogP contribution in [0.5, 0.6) is 11.8 Å². The van der Waals surface area contributed by atoms with Gasteiger partial charge in [-0.25, -0.2) is 0 Å². The SMILES string of the molecule is COc1nc(-c2cccc(-c3cc([C@]4(O)CCN(C)C4=O)on3)c2)nc(OC)c1N. The number of likely N-dealkylation sites (N-methyl/N-ethyl adjacent to an activating group) is 1. The Morgan fingerprint density at radius 2 is 1.83 bits per heavy atom. The van der Waals surface area contributed by atoms with Gasteiger partial charge in [0.2, 0.25) is 17.4 Å². The number of nitrogens with zero attached hydrogens (tertiary/aromatic N) is 4. The number of carbonyl (C=O) groups is 1. The average Bonchev–Trinajstić information content (AvgIpc) is 3.36. The molecule has 0 spiro atoms. The Balaban J connectivity index is 1.71. The third-order valence-electron chi connectivity index (χ3n) is 5.11. The van der Waals surface area contributed by atoms with Gasteiger partial charge in [0, 0.05) is 37.2 Å². The predicted molar refractivity (Wildman–Crippen MR) is 107 cm³/mol. The monoisotopic (exact) mass is 411 g/mol. The van der Waals surface area contributed by atoms with Gasteiger partial charge in [0.1, 0.15) is 5.69 Å². The predicted octanol–water partition coefficient (Wildman–Crippen LogP) is 1.45. The van der Waals surface area contributed by atoms with Crippen LogP contribution in [-0.4, -0.2) is 58.9 Å². The number of aromatic nitrogens is 3. The Bertz CT molecular complexity index is 1090. The van der Waals surface area contributed by atoms with Crippen LogP contribution >= 0.6 is 0 Å². The summed E-state index contributed by atoms with van der Waals surface area (Å²) >= 11 is 0. The molecule has 1 aliphatic heterocycles. The van der Waals surface area contributed by atoms with Crippen molar-refractivity contribution in [1.82, 2.24) is 20.0 Å². The molecule has 3 N–H and O–H groups in total. The number of hydrogen-bond acceptors (Lipinski definition) is 9. The van der Waals surface area contributed by atoms with E-state index in [2.05, 4.69) is 15.1 Å². The van der Waals surface area contributed by atoms with Crippen LogP contribution in [0, 0.1) is 0 Å². The molecule has 3 heterocycles. The van der Waals surface area contributed by atoms with Crippen molar-refractivity contribution in [1.29, 1.82) is 0 Å². The van der Waals surface area contributed by atoms with Gasteiger partial charge < -0.3 is 29.7 Å². The summed E-state index contributed by atoms with van der Waals surface area (Å²) in [4.78, 5) is 22.4. The van der Waals surface area contributed by atoms with Crippen LogP contribution < -0.4 is 15.2 Å². The normalized spacial score (nSPS) is 18.7. The van der Waals surface area contributed by atoms with E-state index in [4.69, 9.17) is 19.7 Å². The third-order valence-corrected chi connectivity index (χ3v) is 5.11. The quantitative estimate of drug-likeness (QED) is 0.639. The van der Waals surface area contributed by atoms with Gasteiger partial charge in [-0.15, -0.1) is 0 Å². The zero-order chi connectivity index (χ0) is 21.5. The summed E-state index contributed by atoms with van der Waals surface area (Å²) in [5.74, 6) is 0.474. The highest BCUT2D eigenvalue weighted by Crippen LogP contribution is 2.36. The Kier molecular flexibility index (Phi) is 4.78. The van der Waals surface area contributed by atoms with Gasteiger partial charge in [-0.1, -0.05) is 23.4 Å². The van der Waals surface area contributed by atoms with E-state index in [-0.39, 0.29) is 29.6 Å². The highest BCUT2D eigenvalue weighted by Gasteiger charge is 2.48. The smallest absolute Gasteiger partial charge is 0.262 e. The minimum absolute atomic E-state index is 0.115. The molecule has 30 heavy (non-hydrogen) atoms. The zero-order valence-corrected chi connectivity index (χ0v) is 16.7. The van der Waals surface area contributed by atoms with E-state index < -0.39 is 11.5 Å². The van der Waals surface area contributed by atoms with Crippen LogP contribution in [0.3, 0.4) is 0 Å². The fourth-order valence-electron chi connectivity index (χ4n) is 3.38. The molecule has 3 aromatic rings. The number of anilines is 1. The second-order valence-corrected chi connectivity index (χ2v) is 6.97. The molecule has 0 saturated carbocycles. The van der Waals surface area contributed by atoms with Crippen molar-refractivity contribution in [3.8, 4) is 34.4 Å². The van der Waals surface area contributed by atoms with Crippen LogP contribution in [0.15, 0.2) is 34.9 Å². The minimum Gasteiger partial charge on any atom is -0.479 e. The van der Waals surface area contributed by atoms with Gasteiger partial charge in [-0.05, 0) is 6.07 Å². The number of carbonyl (C=O) groups excluding carboxylic acids is 1. The zero-order valence-electron chi connectivity index (χ0n) is 16.7. The van der Waals surface area contributed by atoms with Crippen molar-refractivity contribution >= 4 is 11.6 Å². The number of rotatable bonds is 5.